The Morgan fingerprint density at radius 1 is 1.00 bits per heavy atom. The van der Waals surface area contributed by atoms with Crippen LogP contribution in [0.3, 0.4) is 0 Å². The predicted molar refractivity (Wildman–Crippen MR) is 83.8 cm³/mol. The van der Waals surface area contributed by atoms with Crippen LogP contribution in [-0.4, -0.2) is 23.1 Å². The Bertz CT molecular complexity index is 722. The van der Waals surface area contributed by atoms with Gasteiger partial charge in [-0.1, -0.05) is 12.1 Å². The molecule has 0 spiro atoms. The molecule has 0 fully saturated rings. The Kier molecular flexibility index (Phi) is 3.93. The van der Waals surface area contributed by atoms with Crippen molar-refractivity contribution in [3.8, 4) is 5.75 Å². The number of nitrogens with two attached hydrogens (primary N) is 1. The highest BCUT2D eigenvalue weighted by molar-refractivity contribution is 5.90. The third-order valence-corrected chi connectivity index (χ3v) is 3.05. The van der Waals surface area contributed by atoms with Crippen molar-refractivity contribution < 1.29 is 4.74 Å². The minimum Gasteiger partial charge on any atom is -0.492 e. The van der Waals surface area contributed by atoms with E-state index in [2.05, 4.69) is 15.3 Å². The fourth-order valence-electron chi connectivity index (χ4n) is 2.05. The Morgan fingerprint density at radius 2 is 1.81 bits per heavy atom. The molecule has 5 nitrogen and oxygen atoms in total. The Morgan fingerprint density at radius 3 is 2.62 bits per heavy atom. The molecule has 2 aromatic carbocycles. The lowest BCUT2D eigenvalue weighted by Gasteiger charge is -2.09. The van der Waals surface area contributed by atoms with Gasteiger partial charge in [-0.05, 0) is 36.4 Å². The summed E-state index contributed by atoms with van der Waals surface area (Å²) in [4.78, 5) is 8.55. The summed E-state index contributed by atoms with van der Waals surface area (Å²) < 4.78 is 5.45. The molecule has 5 heteroatoms. The quantitative estimate of drug-likeness (QED) is 0.751. The number of hydrogen-bond donors (Lipinski definition) is 2. The zero-order valence-corrected chi connectivity index (χ0v) is 11.5. The van der Waals surface area contributed by atoms with Gasteiger partial charge >= 0.3 is 0 Å². The third-order valence-electron chi connectivity index (χ3n) is 3.05. The molecule has 0 aliphatic rings. The van der Waals surface area contributed by atoms with Crippen molar-refractivity contribution >= 4 is 22.4 Å². The van der Waals surface area contributed by atoms with E-state index in [4.69, 9.17) is 10.5 Å². The van der Waals surface area contributed by atoms with Crippen LogP contribution in [0.25, 0.3) is 10.9 Å². The van der Waals surface area contributed by atoms with Gasteiger partial charge in [0.1, 0.15) is 24.5 Å². The molecule has 1 heterocycles. The standard InChI is InChI=1S/C16H16N4O/c17-9-10-21-13-7-5-12(6-8-13)20-16-14-3-1-2-4-15(14)18-11-19-16/h1-8,11H,9-10,17H2,(H,18,19,20). The van der Waals surface area contributed by atoms with Gasteiger partial charge in [0.05, 0.1) is 5.52 Å². The van der Waals surface area contributed by atoms with Crippen LogP contribution in [0.5, 0.6) is 5.75 Å². The van der Waals surface area contributed by atoms with Crippen LogP contribution >= 0.6 is 0 Å². The van der Waals surface area contributed by atoms with Crippen molar-refractivity contribution in [2.45, 2.75) is 0 Å². The molecule has 0 radical (unpaired) electrons. The van der Waals surface area contributed by atoms with Crippen LogP contribution in [-0.2, 0) is 0 Å². The highest BCUT2D eigenvalue weighted by Gasteiger charge is 2.03. The van der Waals surface area contributed by atoms with E-state index in [-0.39, 0.29) is 0 Å². The number of fused-ring (bicyclic) bond motifs is 1. The number of nitrogens with one attached hydrogen (secondary N) is 1. The molecule has 0 saturated carbocycles. The van der Waals surface area contributed by atoms with Crippen LogP contribution in [0.15, 0.2) is 54.9 Å². The Hall–Kier alpha value is -2.66. The molecule has 21 heavy (non-hydrogen) atoms. The average Bonchev–Trinajstić information content (AvgIpc) is 2.55. The van der Waals surface area contributed by atoms with Gasteiger partial charge in [0.25, 0.3) is 0 Å². The van der Waals surface area contributed by atoms with Crippen molar-refractivity contribution in [1.29, 1.82) is 0 Å². The van der Waals surface area contributed by atoms with Gasteiger partial charge in [-0.2, -0.15) is 0 Å². The van der Waals surface area contributed by atoms with E-state index in [1.165, 1.54) is 0 Å². The number of nitrogens with zero attached hydrogens (tertiary/aromatic N) is 2. The van der Waals surface area contributed by atoms with Gasteiger partial charge in [-0.15, -0.1) is 0 Å². The highest BCUT2D eigenvalue weighted by Crippen LogP contribution is 2.23. The maximum absolute atomic E-state index is 5.45. The minimum absolute atomic E-state index is 0.507. The largest absolute Gasteiger partial charge is 0.492 e. The lowest BCUT2D eigenvalue weighted by molar-refractivity contribution is 0.328. The third kappa shape index (κ3) is 3.09. The van der Waals surface area contributed by atoms with Crippen molar-refractivity contribution in [3.05, 3.63) is 54.9 Å². The second-order valence-electron chi connectivity index (χ2n) is 4.53. The van der Waals surface area contributed by atoms with Crippen molar-refractivity contribution in [3.63, 3.8) is 0 Å². The average molecular weight is 280 g/mol. The number of para-hydroxylation sites is 1. The Labute approximate surface area is 122 Å². The maximum atomic E-state index is 5.45. The SMILES string of the molecule is NCCOc1ccc(Nc2ncnc3ccccc23)cc1. The van der Waals surface area contributed by atoms with E-state index in [0.717, 1.165) is 28.2 Å². The van der Waals surface area contributed by atoms with E-state index in [1.54, 1.807) is 6.33 Å². The Balaban J connectivity index is 1.82. The number of hydrogen-bond acceptors (Lipinski definition) is 5. The van der Waals surface area contributed by atoms with Crippen molar-refractivity contribution in [2.75, 3.05) is 18.5 Å². The maximum Gasteiger partial charge on any atom is 0.141 e. The fraction of sp³-hybridized carbons (Fsp3) is 0.125. The van der Waals surface area contributed by atoms with Gasteiger partial charge in [0, 0.05) is 17.6 Å². The number of ether oxygens (including phenoxy) is 1. The van der Waals surface area contributed by atoms with Crippen molar-refractivity contribution in [1.82, 2.24) is 9.97 Å². The summed E-state index contributed by atoms with van der Waals surface area (Å²) in [6, 6.07) is 15.6. The summed E-state index contributed by atoms with van der Waals surface area (Å²) in [6.45, 7) is 1.02. The summed E-state index contributed by atoms with van der Waals surface area (Å²) in [7, 11) is 0. The first-order valence-corrected chi connectivity index (χ1v) is 6.76. The van der Waals surface area contributed by atoms with Crippen LogP contribution in [0, 0.1) is 0 Å². The van der Waals surface area contributed by atoms with Crippen molar-refractivity contribution in [2.24, 2.45) is 5.73 Å². The molecule has 3 aromatic rings. The molecule has 0 saturated heterocycles. The molecule has 106 valence electrons. The molecular formula is C16H16N4O. The minimum atomic E-state index is 0.507. The molecule has 0 bridgehead atoms. The molecule has 0 aliphatic carbocycles. The first-order valence-electron chi connectivity index (χ1n) is 6.76. The van der Waals surface area contributed by atoms with E-state index in [1.807, 2.05) is 48.5 Å². The smallest absolute Gasteiger partial charge is 0.141 e. The molecule has 0 unspecified atom stereocenters. The molecule has 3 rings (SSSR count). The molecular weight excluding hydrogens is 264 g/mol. The van der Waals surface area contributed by atoms with Crippen LogP contribution in [0.2, 0.25) is 0 Å². The number of aromatic nitrogens is 2. The number of benzene rings is 2. The van der Waals surface area contributed by atoms with E-state index < -0.39 is 0 Å². The fourth-order valence-corrected chi connectivity index (χ4v) is 2.05. The van der Waals surface area contributed by atoms with Gasteiger partial charge in [-0.25, -0.2) is 9.97 Å². The first-order chi connectivity index (χ1) is 10.4. The van der Waals surface area contributed by atoms with Crippen LogP contribution in [0.1, 0.15) is 0 Å². The van der Waals surface area contributed by atoms with E-state index >= 15 is 0 Å². The van der Waals surface area contributed by atoms with Crippen LogP contribution in [0.4, 0.5) is 11.5 Å². The summed E-state index contributed by atoms with van der Waals surface area (Å²) in [5, 5.41) is 4.29. The number of rotatable bonds is 5. The summed E-state index contributed by atoms with van der Waals surface area (Å²) in [5.41, 5.74) is 7.27. The zero-order chi connectivity index (χ0) is 14.5. The lowest BCUT2D eigenvalue weighted by Crippen LogP contribution is -2.10. The molecule has 1 aromatic heterocycles. The monoisotopic (exact) mass is 280 g/mol. The second-order valence-corrected chi connectivity index (χ2v) is 4.53. The van der Waals surface area contributed by atoms with Gasteiger partial charge in [-0.3, -0.25) is 0 Å². The van der Waals surface area contributed by atoms with Crippen LogP contribution < -0.4 is 15.8 Å². The summed E-state index contributed by atoms with van der Waals surface area (Å²) in [6.07, 6.45) is 1.56. The van der Waals surface area contributed by atoms with E-state index in [0.29, 0.717) is 13.2 Å². The zero-order valence-electron chi connectivity index (χ0n) is 11.5. The summed E-state index contributed by atoms with van der Waals surface area (Å²) >= 11 is 0. The van der Waals surface area contributed by atoms with Gasteiger partial charge in [0.2, 0.25) is 0 Å². The first kappa shape index (κ1) is 13.3. The summed E-state index contributed by atoms with van der Waals surface area (Å²) in [5.74, 6) is 1.59. The van der Waals surface area contributed by atoms with Gasteiger partial charge in [0.15, 0.2) is 0 Å². The second kappa shape index (κ2) is 6.19. The van der Waals surface area contributed by atoms with E-state index in [9.17, 15) is 0 Å². The molecule has 0 aliphatic heterocycles. The predicted octanol–water partition coefficient (Wildman–Crippen LogP) is 2.71. The normalized spacial score (nSPS) is 10.5. The molecule has 0 amide bonds. The van der Waals surface area contributed by atoms with Gasteiger partial charge < -0.3 is 15.8 Å². The topological polar surface area (TPSA) is 73.1 Å². The lowest BCUT2D eigenvalue weighted by atomic mass is 10.2. The molecule has 0 atom stereocenters. The number of anilines is 2. The highest BCUT2D eigenvalue weighted by atomic mass is 16.5. The molecule has 3 N–H and O–H groups in total.